The zero-order valence-corrected chi connectivity index (χ0v) is 16.2. The van der Waals surface area contributed by atoms with Crippen molar-refractivity contribution < 1.29 is 14.3 Å². The summed E-state index contributed by atoms with van der Waals surface area (Å²) < 4.78 is 15.3. The molecular formula is C20H20N4O3S. The van der Waals surface area contributed by atoms with Crippen LogP contribution in [0.3, 0.4) is 0 Å². The van der Waals surface area contributed by atoms with Gasteiger partial charge in [-0.1, -0.05) is 36.4 Å². The van der Waals surface area contributed by atoms with Gasteiger partial charge < -0.3 is 14.8 Å². The van der Waals surface area contributed by atoms with E-state index in [0.717, 1.165) is 29.3 Å². The normalized spacial score (nSPS) is 15.5. The summed E-state index contributed by atoms with van der Waals surface area (Å²) in [6.45, 7) is 1.01. The average molecular weight is 396 g/mol. The van der Waals surface area contributed by atoms with E-state index in [-0.39, 0.29) is 12.1 Å². The Balaban J connectivity index is 1.30. The minimum atomic E-state index is -0.323. The van der Waals surface area contributed by atoms with Crippen LogP contribution < -0.4 is 15.4 Å². The van der Waals surface area contributed by atoms with Gasteiger partial charge in [-0.25, -0.2) is 4.79 Å². The third-order valence-electron chi connectivity index (χ3n) is 4.51. The number of amides is 2. The minimum absolute atomic E-state index is 0.0394. The summed E-state index contributed by atoms with van der Waals surface area (Å²) in [7, 11) is 1.61. The summed E-state index contributed by atoms with van der Waals surface area (Å²) >= 11 is 1.13. The number of rotatable bonds is 5. The van der Waals surface area contributed by atoms with E-state index < -0.39 is 0 Å². The quantitative estimate of drug-likeness (QED) is 0.690. The highest BCUT2D eigenvalue weighted by atomic mass is 32.1. The lowest BCUT2D eigenvalue weighted by molar-refractivity contribution is 0.0308. The number of carbonyl (C=O) groups excluding carboxylic acids is 1. The minimum Gasteiger partial charge on any atom is -0.497 e. The lowest BCUT2D eigenvalue weighted by Gasteiger charge is -2.25. The van der Waals surface area contributed by atoms with Gasteiger partial charge in [0.05, 0.1) is 19.8 Å². The van der Waals surface area contributed by atoms with Crippen molar-refractivity contribution in [2.45, 2.75) is 19.1 Å². The van der Waals surface area contributed by atoms with Crippen LogP contribution in [0.15, 0.2) is 48.5 Å². The topological polar surface area (TPSA) is 85.4 Å². The molecule has 0 saturated heterocycles. The standard InChI is InChI=1S/C20H20N4O3S/c1-26-16-8-4-7-14(10-16)18-22-20(28-24-18)23-19(25)21-11-17-9-13-5-2-3-6-15(13)12-27-17/h2-8,10,17H,9,11-12H2,1H3,(H2,21,22,23,24,25)/t17-/m0/s1. The van der Waals surface area contributed by atoms with Crippen molar-refractivity contribution in [3.63, 3.8) is 0 Å². The van der Waals surface area contributed by atoms with Gasteiger partial charge in [-0.2, -0.15) is 9.36 Å². The van der Waals surface area contributed by atoms with Crippen LogP contribution in [0.4, 0.5) is 9.93 Å². The Hall–Kier alpha value is -2.97. The molecule has 0 bridgehead atoms. The molecule has 1 aliphatic heterocycles. The maximum atomic E-state index is 12.2. The Morgan fingerprint density at radius 2 is 2.11 bits per heavy atom. The zero-order valence-electron chi connectivity index (χ0n) is 15.3. The second kappa shape index (κ2) is 8.37. The number of aromatic nitrogens is 2. The molecule has 8 heteroatoms. The van der Waals surface area contributed by atoms with Gasteiger partial charge in [0.15, 0.2) is 5.82 Å². The van der Waals surface area contributed by atoms with E-state index in [1.165, 1.54) is 11.1 Å². The molecule has 2 N–H and O–H groups in total. The molecule has 0 unspecified atom stereocenters. The van der Waals surface area contributed by atoms with Gasteiger partial charge in [0.1, 0.15) is 5.75 Å². The van der Waals surface area contributed by atoms with Gasteiger partial charge in [-0.05, 0) is 23.3 Å². The van der Waals surface area contributed by atoms with E-state index in [1.807, 2.05) is 36.4 Å². The summed E-state index contributed by atoms with van der Waals surface area (Å²) in [6, 6.07) is 15.4. The molecule has 2 heterocycles. The summed E-state index contributed by atoms with van der Waals surface area (Å²) in [5, 5.41) is 6.01. The Morgan fingerprint density at radius 3 is 2.96 bits per heavy atom. The van der Waals surface area contributed by atoms with Crippen molar-refractivity contribution >= 4 is 22.7 Å². The van der Waals surface area contributed by atoms with Crippen LogP contribution in [0, 0.1) is 0 Å². The van der Waals surface area contributed by atoms with Crippen LogP contribution in [-0.2, 0) is 17.8 Å². The van der Waals surface area contributed by atoms with Crippen molar-refractivity contribution in [1.82, 2.24) is 14.7 Å². The van der Waals surface area contributed by atoms with Crippen LogP contribution in [-0.4, -0.2) is 35.1 Å². The number of benzene rings is 2. The zero-order chi connectivity index (χ0) is 19.3. The van der Waals surface area contributed by atoms with E-state index in [1.54, 1.807) is 7.11 Å². The van der Waals surface area contributed by atoms with Crippen molar-refractivity contribution in [2.24, 2.45) is 0 Å². The molecule has 0 fully saturated rings. The van der Waals surface area contributed by atoms with Gasteiger partial charge >= 0.3 is 6.03 Å². The molecule has 2 aromatic carbocycles. The molecule has 2 amide bonds. The molecule has 0 saturated carbocycles. The maximum Gasteiger partial charge on any atom is 0.321 e. The first-order valence-corrected chi connectivity index (χ1v) is 9.70. The number of hydrogen-bond donors (Lipinski definition) is 2. The fourth-order valence-electron chi connectivity index (χ4n) is 3.04. The third-order valence-corrected chi connectivity index (χ3v) is 5.14. The van der Waals surface area contributed by atoms with E-state index in [9.17, 15) is 4.79 Å². The van der Waals surface area contributed by atoms with Gasteiger partial charge in [0.25, 0.3) is 0 Å². The predicted octanol–water partition coefficient (Wildman–Crippen LogP) is 3.48. The monoisotopic (exact) mass is 396 g/mol. The Morgan fingerprint density at radius 1 is 1.25 bits per heavy atom. The molecule has 28 heavy (non-hydrogen) atoms. The number of carbonyl (C=O) groups is 1. The first kappa shape index (κ1) is 18.4. The highest BCUT2D eigenvalue weighted by Gasteiger charge is 2.19. The second-order valence-electron chi connectivity index (χ2n) is 6.40. The molecular weight excluding hydrogens is 376 g/mol. The molecule has 3 aromatic rings. The molecule has 144 valence electrons. The second-order valence-corrected chi connectivity index (χ2v) is 7.15. The van der Waals surface area contributed by atoms with Gasteiger partial charge in [0, 0.05) is 30.1 Å². The molecule has 1 aliphatic rings. The SMILES string of the molecule is COc1cccc(-c2nsc(NC(=O)NC[C@@H]3Cc4ccccc4CO3)n2)c1. The average Bonchev–Trinajstić information content (AvgIpc) is 3.20. The highest BCUT2D eigenvalue weighted by Crippen LogP contribution is 2.24. The Kier molecular flexibility index (Phi) is 5.50. The summed E-state index contributed by atoms with van der Waals surface area (Å²) in [4.78, 5) is 16.6. The summed E-state index contributed by atoms with van der Waals surface area (Å²) in [5.41, 5.74) is 3.31. The number of nitrogens with one attached hydrogen (secondary N) is 2. The largest absolute Gasteiger partial charge is 0.497 e. The van der Waals surface area contributed by atoms with E-state index in [2.05, 4.69) is 32.1 Å². The molecule has 4 rings (SSSR count). The van der Waals surface area contributed by atoms with Crippen molar-refractivity contribution in [3.8, 4) is 17.1 Å². The van der Waals surface area contributed by atoms with Gasteiger partial charge in [-0.3, -0.25) is 5.32 Å². The fourth-order valence-corrected chi connectivity index (χ4v) is 3.63. The van der Waals surface area contributed by atoms with Gasteiger partial charge in [-0.15, -0.1) is 0 Å². The Labute approximate surface area is 166 Å². The number of hydrogen-bond acceptors (Lipinski definition) is 6. The van der Waals surface area contributed by atoms with Crippen LogP contribution in [0.5, 0.6) is 5.75 Å². The highest BCUT2D eigenvalue weighted by molar-refractivity contribution is 7.10. The third kappa shape index (κ3) is 4.29. The van der Waals surface area contributed by atoms with Crippen LogP contribution >= 0.6 is 11.5 Å². The first-order chi connectivity index (χ1) is 13.7. The van der Waals surface area contributed by atoms with Crippen LogP contribution in [0.25, 0.3) is 11.4 Å². The van der Waals surface area contributed by atoms with Crippen LogP contribution in [0.1, 0.15) is 11.1 Å². The number of fused-ring (bicyclic) bond motifs is 1. The predicted molar refractivity (Wildman–Crippen MR) is 108 cm³/mol. The molecule has 0 radical (unpaired) electrons. The molecule has 7 nitrogen and oxygen atoms in total. The number of urea groups is 1. The maximum absolute atomic E-state index is 12.2. The van der Waals surface area contributed by atoms with Crippen molar-refractivity contribution in [1.29, 1.82) is 0 Å². The molecule has 0 spiro atoms. The Bertz CT molecular complexity index is 975. The number of ether oxygens (including phenoxy) is 2. The molecule has 0 aliphatic carbocycles. The van der Waals surface area contributed by atoms with E-state index in [0.29, 0.717) is 24.1 Å². The number of methoxy groups -OCH3 is 1. The molecule has 1 aromatic heterocycles. The number of anilines is 1. The van der Waals surface area contributed by atoms with Crippen LogP contribution in [0.2, 0.25) is 0 Å². The first-order valence-electron chi connectivity index (χ1n) is 8.92. The van der Waals surface area contributed by atoms with Crippen molar-refractivity contribution in [2.75, 3.05) is 19.0 Å². The lowest BCUT2D eigenvalue weighted by atomic mass is 9.99. The number of nitrogens with zero attached hydrogens (tertiary/aromatic N) is 2. The smallest absolute Gasteiger partial charge is 0.321 e. The summed E-state index contributed by atoms with van der Waals surface area (Å²) in [6.07, 6.45) is 0.748. The van der Waals surface area contributed by atoms with E-state index in [4.69, 9.17) is 9.47 Å². The fraction of sp³-hybridized carbons (Fsp3) is 0.250. The summed E-state index contributed by atoms with van der Waals surface area (Å²) in [5.74, 6) is 1.28. The lowest BCUT2D eigenvalue weighted by Crippen LogP contribution is -2.38. The molecule has 1 atom stereocenters. The van der Waals surface area contributed by atoms with Gasteiger partial charge in [0.2, 0.25) is 5.13 Å². The van der Waals surface area contributed by atoms with Crippen molar-refractivity contribution in [3.05, 3.63) is 59.7 Å². The van der Waals surface area contributed by atoms with E-state index >= 15 is 0 Å².